The van der Waals surface area contributed by atoms with Crippen LogP contribution in [0.25, 0.3) is 0 Å². The summed E-state index contributed by atoms with van der Waals surface area (Å²) in [5, 5.41) is 0. The number of aryl methyl sites for hydroxylation is 2. The van der Waals surface area contributed by atoms with Crippen LogP contribution in [0.2, 0.25) is 0 Å². The second-order valence-corrected chi connectivity index (χ2v) is 7.72. The molecule has 0 amide bonds. The summed E-state index contributed by atoms with van der Waals surface area (Å²) in [5.74, 6) is 0. The fraction of sp³-hybridized carbons (Fsp3) is 0.294. The second-order valence-electron chi connectivity index (χ2n) is 5.83. The number of alkyl halides is 3. The highest BCUT2D eigenvalue weighted by molar-refractivity contribution is 7.92. The molecule has 0 bridgehead atoms. The monoisotopic (exact) mass is 355 g/mol. The van der Waals surface area contributed by atoms with E-state index in [4.69, 9.17) is 0 Å². The van der Waals surface area contributed by atoms with Crippen molar-refractivity contribution in [3.05, 3.63) is 47.5 Å². The van der Waals surface area contributed by atoms with Crippen LogP contribution in [-0.4, -0.2) is 21.1 Å². The van der Waals surface area contributed by atoms with Crippen molar-refractivity contribution < 1.29 is 21.6 Å². The predicted octanol–water partition coefficient (Wildman–Crippen LogP) is 4.40. The molecule has 0 radical (unpaired) electrons. The summed E-state index contributed by atoms with van der Waals surface area (Å²) in [6.07, 6.45) is -3.86. The van der Waals surface area contributed by atoms with Crippen LogP contribution in [0.3, 0.4) is 0 Å². The summed E-state index contributed by atoms with van der Waals surface area (Å²) in [5.41, 5.74) is 1.61. The quantitative estimate of drug-likeness (QED) is 0.801. The van der Waals surface area contributed by atoms with Gasteiger partial charge in [-0.25, -0.2) is 8.42 Å². The number of benzene rings is 2. The highest BCUT2D eigenvalue weighted by Crippen LogP contribution is 2.45. The van der Waals surface area contributed by atoms with Gasteiger partial charge in [-0.3, -0.25) is 0 Å². The van der Waals surface area contributed by atoms with E-state index < -0.39 is 22.6 Å². The predicted molar refractivity (Wildman–Crippen MR) is 85.5 cm³/mol. The number of anilines is 2. The molecule has 0 N–H and O–H groups in total. The molecule has 0 aliphatic carbocycles. The van der Waals surface area contributed by atoms with E-state index in [1.807, 2.05) is 6.92 Å². The highest BCUT2D eigenvalue weighted by Gasteiger charge is 2.39. The number of halogens is 3. The minimum atomic E-state index is -4.46. The molecular weight excluding hydrogens is 339 g/mol. The van der Waals surface area contributed by atoms with E-state index >= 15 is 0 Å². The van der Waals surface area contributed by atoms with E-state index in [1.54, 1.807) is 19.1 Å². The van der Waals surface area contributed by atoms with Crippen molar-refractivity contribution in [2.24, 2.45) is 0 Å². The molecule has 0 aromatic heterocycles. The van der Waals surface area contributed by atoms with Gasteiger partial charge in [0.1, 0.15) is 6.54 Å². The summed E-state index contributed by atoms with van der Waals surface area (Å²) in [6.45, 7) is 2.34. The fourth-order valence-electron chi connectivity index (χ4n) is 2.88. The number of hydrogen-bond donors (Lipinski definition) is 0. The standard InChI is InChI=1S/C17H16F3NO2S/c1-3-12-5-6-13-16(9-12)24(22,23)15-7-4-11(2)8-14(15)21(13)10-17(18,19)20/h4-9H,3,10H2,1-2H3. The summed E-state index contributed by atoms with van der Waals surface area (Å²) >= 11 is 0. The van der Waals surface area contributed by atoms with Crippen molar-refractivity contribution in [3.8, 4) is 0 Å². The smallest absolute Gasteiger partial charge is 0.330 e. The van der Waals surface area contributed by atoms with Crippen molar-refractivity contribution >= 4 is 21.2 Å². The number of fused-ring (bicyclic) bond motifs is 2. The maximum atomic E-state index is 13.1. The normalized spacial score (nSPS) is 15.8. The first-order valence-corrected chi connectivity index (χ1v) is 8.95. The zero-order valence-corrected chi connectivity index (χ0v) is 14.0. The molecule has 2 aromatic rings. The van der Waals surface area contributed by atoms with Gasteiger partial charge in [0.25, 0.3) is 0 Å². The lowest BCUT2D eigenvalue weighted by Gasteiger charge is -2.34. The molecule has 1 aliphatic rings. The summed E-state index contributed by atoms with van der Waals surface area (Å²) in [7, 11) is -3.85. The van der Waals surface area contributed by atoms with Gasteiger partial charge in [-0.15, -0.1) is 0 Å². The first-order chi connectivity index (χ1) is 11.1. The van der Waals surface area contributed by atoms with Crippen LogP contribution in [0.1, 0.15) is 18.1 Å². The molecule has 3 nitrogen and oxygen atoms in total. The Morgan fingerprint density at radius 2 is 1.71 bits per heavy atom. The van der Waals surface area contributed by atoms with E-state index in [2.05, 4.69) is 0 Å². The van der Waals surface area contributed by atoms with Gasteiger partial charge in [-0.05, 0) is 48.7 Å². The number of hydrogen-bond acceptors (Lipinski definition) is 3. The first-order valence-electron chi connectivity index (χ1n) is 7.46. The van der Waals surface area contributed by atoms with E-state index in [0.717, 1.165) is 10.5 Å². The Hall–Kier alpha value is -2.02. The van der Waals surface area contributed by atoms with Gasteiger partial charge in [0, 0.05) is 0 Å². The van der Waals surface area contributed by atoms with E-state index in [9.17, 15) is 21.6 Å². The molecule has 7 heteroatoms. The summed E-state index contributed by atoms with van der Waals surface area (Å²) in [4.78, 5) is 0.888. The Kier molecular flexibility index (Phi) is 3.86. The zero-order chi connectivity index (χ0) is 17.7. The lowest BCUT2D eigenvalue weighted by atomic mass is 10.1. The van der Waals surface area contributed by atoms with Gasteiger partial charge in [-0.2, -0.15) is 13.2 Å². The molecule has 24 heavy (non-hydrogen) atoms. The van der Waals surface area contributed by atoms with Crippen molar-refractivity contribution in [3.63, 3.8) is 0 Å². The van der Waals surface area contributed by atoms with E-state index in [-0.39, 0.29) is 21.2 Å². The molecule has 2 aromatic carbocycles. The highest BCUT2D eigenvalue weighted by atomic mass is 32.2. The summed E-state index contributed by atoms with van der Waals surface area (Å²) < 4.78 is 65.0. The van der Waals surface area contributed by atoms with Crippen molar-refractivity contribution in [2.75, 3.05) is 11.4 Å². The van der Waals surface area contributed by atoms with Gasteiger partial charge in [0.15, 0.2) is 0 Å². The Balaban J connectivity index is 2.31. The van der Waals surface area contributed by atoms with Crippen LogP contribution in [0, 0.1) is 6.92 Å². The van der Waals surface area contributed by atoms with Crippen LogP contribution in [0.15, 0.2) is 46.2 Å². The third-order valence-electron chi connectivity index (χ3n) is 4.04. The molecule has 0 spiro atoms. The number of rotatable bonds is 2. The minimum absolute atomic E-state index is 0.0672. The maximum Gasteiger partial charge on any atom is 0.406 e. The maximum absolute atomic E-state index is 13.1. The van der Waals surface area contributed by atoms with Crippen LogP contribution in [0.5, 0.6) is 0 Å². The topological polar surface area (TPSA) is 37.4 Å². The Morgan fingerprint density at radius 1 is 1.00 bits per heavy atom. The van der Waals surface area contributed by atoms with Crippen molar-refractivity contribution in [2.45, 2.75) is 36.2 Å². The van der Waals surface area contributed by atoms with Gasteiger partial charge in [-0.1, -0.05) is 19.1 Å². The third kappa shape index (κ3) is 2.77. The number of sulfone groups is 1. The van der Waals surface area contributed by atoms with Gasteiger partial charge >= 0.3 is 6.18 Å². The third-order valence-corrected chi connectivity index (χ3v) is 5.88. The Morgan fingerprint density at radius 3 is 2.33 bits per heavy atom. The summed E-state index contributed by atoms with van der Waals surface area (Å²) in [6, 6.07) is 9.05. The average Bonchev–Trinajstić information content (AvgIpc) is 2.50. The van der Waals surface area contributed by atoms with Gasteiger partial charge in [0.05, 0.1) is 21.2 Å². The lowest BCUT2D eigenvalue weighted by molar-refractivity contribution is -0.118. The molecule has 0 unspecified atom stereocenters. The van der Waals surface area contributed by atoms with E-state index in [1.165, 1.54) is 24.3 Å². The van der Waals surface area contributed by atoms with Crippen LogP contribution in [0.4, 0.5) is 24.5 Å². The zero-order valence-electron chi connectivity index (χ0n) is 13.2. The van der Waals surface area contributed by atoms with Crippen LogP contribution >= 0.6 is 0 Å². The van der Waals surface area contributed by atoms with Crippen LogP contribution < -0.4 is 4.90 Å². The van der Waals surface area contributed by atoms with Gasteiger partial charge in [0.2, 0.25) is 9.84 Å². The lowest BCUT2D eigenvalue weighted by Crippen LogP contribution is -2.34. The van der Waals surface area contributed by atoms with Crippen molar-refractivity contribution in [1.29, 1.82) is 0 Å². The minimum Gasteiger partial charge on any atom is -0.330 e. The molecule has 0 saturated heterocycles. The first kappa shape index (κ1) is 16.8. The Bertz CT molecular complexity index is 905. The number of nitrogens with zero attached hydrogens (tertiary/aromatic N) is 1. The largest absolute Gasteiger partial charge is 0.406 e. The molecule has 0 saturated carbocycles. The Labute approximate surface area is 138 Å². The fourth-order valence-corrected chi connectivity index (χ4v) is 4.57. The molecular formula is C17H16F3NO2S. The SMILES string of the molecule is CCc1ccc2c(c1)S(=O)(=O)c1ccc(C)cc1N2CC(F)(F)F. The van der Waals surface area contributed by atoms with Gasteiger partial charge < -0.3 is 4.90 Å². The molecule has 128 valence electrons. The van der Waals surface area contributed by atoms with Crippen LogP contribution in [-0.2, 0) is 16.3 Å². The molecule has 3 rings (SSSR count). The second kappa shape index (κ2) is 5.51. The van der Waals surface area contributed by atoms with Crippen molar-refractivity contribution in [1.82, 2.24) is 0 Å². The molecule has 0 atom stereocenters. The molecule has 1 heterocycles. The van der Waals surface area contributed by atoms with E-state index in [0.29, 0.717) is 12.0 Å². The molecule has 0 fully saturated rings. The molecule has 1 aliphatic heterocycles. The average molecular weight is 355 g/mol.